The van der Waals surface area contributed by atoms with Gasteiger partial charge in [-0.3, -0.25) is 10.1 Å². The third-order valence-electron chi connectivity index (χ3n) is 5.78. The topological polar surface area (TPSA) is 117 Å². The number of nitrogens with one attached hydrogen (secondary N) is 2. The van der Waals surface area contributed by atoms with Crippen LogP contribution in [0.2, 0.25) is 0 Å². The number of aliphatic hydroxyl groups excluding tert-OH is 1. The van der Waals surface area contributed by atoms with E-state index in [-0.39, 0.29) is 43.1 Å². The van der Waals surface area contributed by atoms with Crippen LogP contribution < -0.4 is 15.4 Å². The summed E-state index contributed by atoms with van der Waals surface area (Å²) in [5.41, 5.74) is 0.918. The summed E-state index contributed by atoms with van der Waals surface area (Å²) in [6, 6.07) is 14.4. The van der Waals surface area contributed by atoms with Crippen LogP contribution in [0.5, 0.6) is 5.75 Å². The van der Waals surface area contributed by atoms with Crippen LogP contribution in [0.25, 0.3) is 0 Å². The summed E-state index contributed by atoms with van der Waals surface area (Å²) in [6.45, 7) is 4.40. The highest BCUT2D eigenvalue weighted by Crippen LogP contribution is 2.21. The van der Waals surface area contributed by atoms with Gasteiger partial charge < -0.3 is 19.9 Å². The highest BCUT2D eigenvalue weighted by Gasteiger charge is 2.33. The number of carbonyl (C=O) groups excluding carboxylic acids is 1. The summed E-state index contributed by atoms with van der Waals surface area (Å²) in [7, 11) is -2.38. The molecule has 0 bridgehead atoms. The number of carbonyl (C=O) groups is 1. The van der Waals surface area contributed by atoms with Crippen molar-refractivity contribution in [1.29, 1.82) is 0 Å². The van der Waals surface area contributed by atoms with E-state index in [0.29, 0.717) is 12.2 Å². The van der Waals surface area contributed by atoms with E-state index < -0.39 is 28.2 Å². The Morgan fingerprint density at radius 3 is 2.43 bits per heavy atom. The molecule has 0 aromatic heterocycles. The summed E-state index contributed by atoms with van der Waals surface area (Å²) >= 11 is 0. The summed E-state index contributed by atoms with van der Waals surface area (Å²) < 4.78 is 38.6. The normalized spacial score (nSPS) is 17.9. The first-order chi connectivity index (χ1) is 16.7. The smallest absolute Gasteiger partial charge is 0.243 e. The van der Waals surface area contributed by atoms with Gasteiger partial charge in [0.25, 0.3) is 0 Å². The number of hydrogen-bond donors (Lipinski definition) is 3. The minimum Gasteiger partial charge on any atom is -0.497 e. The summed E-state index contributed by atoms with van der Waals surface area (Å²) in [5, 5.41) is 17.1. The van der Waals surface area contributed by atoms with E-state index in [1.165, 1.54) is 23.5 Å². The summed E-state index contributed by atoms with van der Waals surface area (Å²) in [6.07, 6.45) is -0.798. The fraction of sp³-hybridized carbons (Fsp3) is 0.480. The first-order valence-corrected chi connectivity index (χ1v) is 13.1. The van der Waals surface area contributed by atoms with Crippen molar-refractivity contribution < 1.29 is 27.8 Å². The average molecular weight is 506 g/mol. The lowest BCUT2D eigenvalue weighted by Crippen LogP contribution is -2.54. The van der Waals surface area contributed by atoms with Crippen molar-refractivity contribution in [2.45, 2.75) is 43.4 Å². The van der Waals surface area contributed by atoms with Crippen LogP contribution in [0.15, 0.2) is 59.5 Å². The molecule has 0 spiro atoms. The SMILES string of the molecule is COc1ccc(S(=O)(=O)N(CC(C)C)C[C@@H](O)[C@H](Cc2ccccc2)NC(=O)[C@@H]2COCN2)cc1. The number of nitrogens with zero attached hydrogens (tertiary/aromatic N) is 1. The number of aliphatic hydroxyl groups is 1. The van der Waals surface area contributed by atoms with Crippen molar-refractivity contribution in [3.05, 3.63) is 60.2 Å². The molecule has 3 rings (SSSR count). The maximum absolute atomic E-state index is 13.5. The highest BCUT2D eigenvalue weighted by atomic mass is 32.2. The Bertz CT molecular complexity index is 1040. The number of sulfonamides is 1. The van der Waals surface area contributed by atoms with E-state index in [2.05, 4.69) is 10.6 Å². The van der Waals surface area contributed by atoms with Gasteiger partial charge in [0.15, 0.2) is 0 Å². The quantitative estimate of drug-likeness (QED) is 0.399. The molecule has 1 saturated heterocycles. The standard InChI is InChI=1S/C25H35N3O6S/c1-18(2)14-28(35(31,32)21-11-9-20(33-3)10-12-21)15-24(29)22(13-19-7-5-4-6-8-19)27-25(30)23-16-34-17-26-23/h4-12,18,22-24,26,29H,13-17H2,1-3H3,(H,27,30)/t22-,23-,24+/m0/s1. The Morgan fingerprint density at radius 2 is 1.86 bits per heavy atom. The van der Waals surface area contributed by atoms with Gasteiger partial charge in [0.1, 0.15) is 11.8 Å². The predicted molar refractivity (Wildman–Crippen MR) is 132 cm³/mol. The highest BCUT2D eigenvalue weighted by molar-refractivity contribution is 7.89. The second-order valence-electron chi connectivity index (χ2n) is 9.04. The second kappa shape index (κ2) is 12.5. The fourth-order valence-electron chi connectivity index (χ4n) is 3.91. The molecule has 9 nitrogen and oxygen atoms in total. The molecule has 1 fully saturated rings. The van der Waals surface area contributed by atoms with Crippen molar-refractivity contribution in [3.63, 3.8) is 0 Å². The largest absolute Gasteiger partial charge is 0.497 e. The van der Waals surface area contributed by atoms with E-state index >= 15 is 0 Å². The molecular formula is C25H35N3O6S. The number of ether oxygens (including phenoxy) is 2. The van der Waals surface area contributed by atoms with Crippen molar-refractivity contribution in [2.75, 3.05) is 33.5 Å². The zero-order valence-electron chi connectivity index (χ0n) is 20.4. The zero-order valence-corrected chi connectivity index (χ0v) is 21.2. The van der Waals surface area contributed by atoms with Crippen LogP contribution in [0.1, 0.15) is 19.4 Å². The molecule has 0 saturated carbocycles. The predicted octanol–water partition coefficient (Wildman–Crippen LogP) is 1.38. The molecule has 1 aliphatic heterocycles. The average Bonchev–Trinajstić information content (AvgIpc) is 3.39. The van der Waals surface area contributed by atoms with Gasteiger partial charge in [-0.15, -0.1) is 0 Å². The van der Waals surface area contributed by atoms with Crippen LogP contribution in [0.3, 0.4) is 0 Å². The van der Waals surface area contributed by atoms with Gasteiger partial charge in [-0.1, -0.05) is 44.2 Å². The third-order valence-corrected chi connectivity index (χ3v) is 7.63. The first kappa shape index (κ1) is 27.1. The molecule has 0 unspecified atom stereocenters. The third kappa shape index (κ3) is 7.49. The van der Waals surface area contributed by atoms with E-state index in [4.69, 9.17) is 9.47 Å². The number of hydrogen-bond acceptors (Lipinski definition) is 7. The van der Waals surface area contributed by atoms with E-state index in [1.807, 2.05) is 44.2 Å². The Kier molecular flexibility index (Phi) is 9.64. The molecule has 1 heterocycles. The monoisotopic (exact) mass is 505 g/mol. The van der Waals surface area contributed by atoms with Crippen molar-refractivity contribution in [2.24, 2.45) is 5.92 Å². The summed E-state index contributed by atoms with van der Waals surface area (Å²) in [4.78, 5) is 12.9. The molecule has 35 heavy (non-hydrogen) atoms. The molecule has 1 aliphatic rings. The Morgan fingerprint density at radius 1 is 1.17 bits per heavy atom. The van der Waals surface area contributed by atoms with Gasteiger partial charge in [0.2, 0.25) is 15.9 Å². The van der Waals surface area contributed by atoms with Crippen LogP contribution in [-0.2, 0) is 26.0 Å². The van der Waals surface area contributed by atoms with E-state index in [0.717, 1.165) is 5.56 Å². The lowest BCUT2D eigenvalue weighted by Gasteiger charge is -2.31. The molecule has 1 amide bonds. The molecular weight excluding hydrogens is 470 g/mol. The van der Waals surface area contributed by atoms with E-state index in [1.54, 1.807) is 12.1 Å². The molecule has 2 aromatic carbocycles. The fourth-order valence-corrected chi connectivity index (χ4v) is 5.53. The lowest BCUT2D eigenvalue weighted by molar-refractivity contribution is -0.124. The van der Waals surface area contributed by atoms with Crippen LogP contribution >= 0.6 is 0 Å². The second-order valence-corrected chi connectivity index (χ2v) is 11.0. The van der Waals surface area contributed by atoms with E-state index in [9.17, 15) is 18.3 Å². The Balaban J connectivity index is 1.83. The molecule has 2 aromatic rings. The van der Waals surface area contributed by atoms with Gasteiger partial charge in [0, 0.05) is 13.1 Å². The molecule has 192 valence electrons. The number of rotatable bonds is 12. The van der Waals surface area contributed by atoms with Gasteiger partial charge in [-0.25, -0.2) is 8.42 Å². The van der Waals surface area contributed by atoms with Crippen LogP contribution in [0, 0.1) is 5.92 Å². The molecule has 0 aliphatic carbocycles. The summed E-state index contributed by atoms with van der Waals surface area (Å²) in [5.74, 6) is 0.280. The maximum atomic E-state index is 13.5. The maximum Gasteiger partial charge on any atom is 0.243 e. The molecule has 3 atom stereocenters. The number of amides is 1. The molecule has 3 N–H and O–H groups in total. The van der Waals surface area contributed by atoms with Crippen molar-refractivity contribution in [1.82, 2.24) is 14.9 Å². The number of methoxy groups -OCH3 is 1. The minimum atomic E-state index is -3.89. The zero-order chi connectivity index (χ0) is 25.4. The molecule has 0 radical (unpaired) electrons. The lowest BCUT2D eigenvalue weighted by atomic mass is 10.0. The van der Waals surface area contributed by atoms with Crippen molar-refractivity contribution in [3.8, 4) is 5.75 Å². The van der Waals surface area contributed by atoms with Gasteiger partial charge in [0.05, 0.1) is 37.5 Å². The van der Waals surface area contributed by atoms with Crippen molar-refractivity contribution >= 4 is 15.9 Å². The molecule has 10 heteroatoms. The van der Waals surface area contributed by atoms with Crippen LogP contribution in [0.4, 0.5) is 0 Å². The van der Waals surface area contributed by atoms with Gasteiger partial charge in [-0.05, 0) is 42.2 Å². The minimum absolute atomic E-state index is 0.0252. The Hall–Kier alpha value is -2.50. The number of benzene rings is 2. The first-order valence-electron chi connectivity index (χ1n) is 11.7. The van der Waals surface area contributed by atoms with Gasteiger partial charge >= 0.3 is 0 Å². The Labute approximate surface area is 207 Å². The van der Waals surface area contributed by atoms with Crippen LogP contribution in [-0.4, -0.2) is 75.5 Å². The van der Waals surface area contributed by atoms with Gasteiger partial charge in [-0.2, -0.15) is 4.31 Å².